The van der Waals surface area contributed by atoms with Crippen molar-refractivity contribution in [2.24, 2.45) is 5.41 Å². The van der Waals surface area contributed by atoms with E-state index in [4.69, 9.17) is 10.2 Å². The Morgan fingerprint density at radius 2 is 1.67 bits per heavy atom. The number of carbonyl (C=O) groups is 2. The second-order valence-electron chi connectivity index (χ2n) is 4.96. The molecule has 0 aromatic carbocycles. The number of amides is 1. The summed E-state index contributed by atoms with van der Waals surface area (Å²) in [6.07, 6.45) is -0.105. The maximum absolute atomic E-state index is 11.5. The largest absolute Gasteiger partial charge is 0.481 e. The van der Waals surface area contributed by atoms with Crippen LogP contribution < -0.4 is 5.32 Å². The molecule has 0 aliphatic carbocycles. The molecule has 0 unspecified atom stereocenters. The van der Waals surface area contributed by atoms with Gasteiger partial charge in [-0.3, -0.25) is 9.59 Å². The van der Waals surface area contributed by atoms with Gasteiger partial charge < -0.3 is 15.5 Å². The quantitative estimate of drug-likeness (QED) is 0.621. The summed E-state index contributed by atoms with van der Waals surface area (Å²) in [4.78, 5) is 22.2. The van der Waals surface area contributed by atoms with Crippen LogP contribution in [0.5, 0.6) is 0 Å². The summed E-state index contributed by atoms with van der Waals surface area (Å²) in [5.74, 6) is -1.39. The first-order valence-corrected chi connectivity index (χ1v) is 4.76. The van der Waals surface area contributed by atoms with Crippen LogP contribution >= 0.6 is 0 Å². The number of nitrogens with one attached hydrogen (secondary N) is 1. The summed E-state index contributed by atoms with van der Waals surface area (Å²) in [7, 11) is 0. The van der Waals surface area contributed by atoms with Crippen LogP contribution in [0, 0.1) is 5.41 Å². The van der Waals surface area contributed by atoms with E-state index < -0.39 is 16.9 Å². The maximum atomic E-state index is 11.5. The molecule has 0 rings (SSSR count). The van der Waals surface area contributed by atoms with Gasteiger partial charge in [-0.25, -0.2) is 0 Å². The normalized spacial score (nSPS) is 12.3. The zero-order valence-corrected chi connectivity index (χ0v) is 9.63. The molecule has 15 heavy (non-hydrogen) atoms. The lowest BCUT2D eigenvalue weighted by Gasteiger charge is -2.26. The van der Waals surface area contributed by atoms with Crippen LogP contribution in [-0.4, -0.2) is 34.2 Å². The van der Waals surface area contributed by atoms with Crippen LogP contribution in [-0.2, 0) is 9.59 Å². The van der Waals surface area contributed by atoms with Gasteiger partial charge in [-0.05, 0) is 27.7 Å². The van der Waals surface area contributed by atoms with Gasteiger partial charge >= 0.3 is 5.97 Å². The fourth-order valence-corrected chi connectivity index (χ4v) is 0.938. The molecule has 88 valence electrons. The molecule has 0 aromatic heterocycles. The first-order chi connectivity index (χ1) is 6.60. The van der Waals surface area contributed by atoms with Crippen molar-refractivity contribution in [3.63, 3.8) is 0 Å². The predicted octanol–water partition coefficient (Wildman–Crippen LogP) is 0.374. The maximum Gasteiger partial charge on any atom is 0.309 e. The molecule has 0 aliphatic rings. The Labute approximate surface area is 89.5 Å². The summed E-state index contributed by atoms with van der Waals surface area (Å²) in [6.45, 7) is 6.12. The van der Waals surface area contributed by atoms with Crippen molar-refractivity contribution in [2.75, 3.05) is 6.61 Å². The Morgan fingerprint density at radius 1 is 1.20 bits per heavy atom. The highest BCUT2D eigenvalue weighted by molar-refractivity contribution is 5.84. The minimum Gasteiger partial charge on any atom is -0.481 e. The molecule has 5 heteroatoms. The van der Waals surface area contributed by atoms with Crippen molar-refractivity contribution >= 4 is 11.9 Å². The average Bonchev–Trinajstić information content (AvgIpc) is 2.01. The fraction of sp³-hybridized carbons (Fsp3) is 0.800. The molecular weight excluding hydrogens is 198 g/mol. The summed E-state index contributed by atoms with van der Waals surface area (Å²) >= 11 is 0. The van der Waals surface area contributed by atoms with Crippen LogP contribution in [0.3, 0.4) is 0 Å². The lowest BCUT2D eigenvalue weighted by molar-refractivity contribution is -0.149. The number of rotatable bonds is 5. The number of hydrogen-bond donors (Lipinski definition) is 3. The van der Waals surface area contributed by atoms with Crippen LogP contribution in [0.15, 0.2) is 0 Å². The van der Waals surface area contributed by atoms with E-state index in [1.807, 2.05) is 0 Å². The fourth-order valence-electron chi connectivity index (χ4n) is 0.938. The van der Waals surface area contributed by atoms with Crippen LogP contribution in [0.25, 0.3) is 0 Å². The number of carboxylic acid groups (broad SMARTS) is 1. The molecule has 0 aliphatic heterocycles. The molecule has 1 amide bonds. The van der Waals surface area contributed by atoms with Crippen LogP contribution in [0.2, 0.25) is 0 Å². The van der Waals surface area contributed by atoms with Gasteiger partial charge in [-0.15, -0.1) is 0 Å². The minimum atomic E-state index is -1.09. The van der Waals surface area contributed by atoms with Crippen molar-refractivity contribution < 1.29 is 19.8 Å². The smallest absolute Gasteiger partial charge is 0.309 e. The molecule has 0 radical (unpaired) electrons. The number of carbonyl (C=O) groups excluding carboxylic acids is 1. The third-order valence-electron chi connectivity index (χ3n) is 2.05. The zero-order chi connectivity index (χ0) is 12.3. The molecule has 0 spiro atoms. The van der Waals surface area contributed by atoms with Gasteiger partial charge in [0.1, 0.15) is 0 Å². The molecule has 0 saturated carbocycles. The van der Waals surface area contributed by atoms with Gasteiger partial charge in [0.2, 0.25) is 5.91 Å². The molecule has 0 fully saturated rings. The Balaban J connectivity index is 4.34. The van der Waals surface area contributed by atoms with E-state index in [2.05, 4.69) is 5.32 Å². The highest BCUT2D eigenvalue weighted by atomic mass is 16.4. The first-order valence-electron chi connectivity index (χ1n) is 4.76. The van der Waals surface area contributed by atoms with Gasteiger partial charge in [-0.2, -0.15) is 0 Å². The number of aliphatic hydroxyl groups is 1. The predicted molar refractivity (Wildman–Crippen MR) is 55.3 cm³/mol. The highest BCUT2D eigenvalue weighted by Gasteiger charge is 2.31. The average molecular weight is 217 g/mol. The molecule has 0 heterocycles. The van der Waals surface area contributed by atoms with Crippen molar-refractivity contribution in [3.05, 3.63) is 0 Å². The molecule has 3 N–H and O–H groups in total. The highest BCUT2D eigenvalue weighted by Crippen LogP contribution is 2.20. The second-order valence-corrected chi connectivity index (χ2v) is 4.96. The van der Waals surface area contributed by atoms with E-state index in [0.717, 1.165) is 0 Å². The SMILES string of the molecule is CC(C)(CO)NC(=O)CC(C)(C)C(=O)O. The molecular formula is C10H19NO4. The lowest BCUT2D eigenvalue weighted by Crippen LogP contribution is -2.47. The van der Waals surface area contributed by atoms with Crippen molar-refractivity contribution in [1.29, 1.82) is 0 Å². The van der Waals surface area contributed by atoms with Gasteiger partial charge in [0.15, 0.2) is 0 Å². The first kappa shape index (κ1) is 13.9. The lowest BCUT2D eigenvalue weighted by atomic mass is 9.89. The molecule has 0 saturated heterocycles. The molecule has 0 atom stereocenters. The van der Waals surface area contributed by atoms with Gasteiger partial charge in [0.05, 0.1) is 17.6 Å². The third kappa shape index (κ3) is 4.78. The van der Waals surface area contributed by atoms with Crippen molar-refractivity contribution in [2.45, 2.75) is 39.7 Å². The van der Waals surface area contributed by atoms with Gasteiger partial charge in [0.25, 0.3) is 0 Å². The zero-order valence-electron chi connectivity index (χ0n) is 9.63. The van der Waals surface area contributed by atoms with E-state index in [1.165, 1.54) is 13.8 Å². The van der Waals surface area contributed by atoms with Gasteiger partial charge in [-0.1, -0.05) is 0 Å². The standard InChI is InChI=1S/C10H19NO4/c1-9(2,8(14)15)5-7(13)11-10(3,4)6-12/h12H,5-6H2,1-4H3,(H,11,13)(H,14,15). The third-order valence-corrected chi connectivity index (χ3v) is 2.05. The number of aliphatic carboxylic acids is 1. The Bertz CT molecular complexity index is 258. The molecule has 5 nitrogen and oxygen atoms in total. The van der Waals surface area contributed by atoms with E-state index in [9.17, 15) is 9.59 Å². The second kappa shape index (κ2) is 4.61. The monoisotopic (exact) mass is 217 g/mol. The summed E-state index contributed by atoms with van der Waals surface area (Å²) in [5.41, 5.74) is -1.80. The van der Waals surface area contributed by atoms with E-state index in [1.54, 1.807) is 13.8 Å². The van der Waals surface area contributed by atoms with E-state index >= 15 is 0 Å². The number of hydrogen-bond acceptors (Lipinski definition) is 3. The molecule has 0 aromatic rings. The van der Waals surface area contributed by atoms with E-state index in [-0.39, 0.29) is 18.9 Å². The summed E-state index contributed by atoms with van der Waals surface area (Å²) < 4.78 is 0. The Kier molecular flexibility index (Phi) is 4.27. The van der Waals surface area contributed by atoms with Crippen molar-refractivity contribution in [3.8, 4) is 0 Å². The Hall–Kier alpha value is -1.10. The summed E-state index contributed by atoms with van der Waals surface area (Å²) in [6, 6.07) is 0. The van der Waals surface area contributed by atoms with E-state index in [0.29, 0.717) is 0 Å². The van der Waals surface area contributed by atoms with Crippen molar-refractivity contribution in [1.82, 2.24) is 5.32 Å². The minimum absolute atomic E-state index is 0.105. The summed E-state index contributed by atoms with van der Waals surface area (Å²) in [5, 5.41) is 20.3. The Morgan fingerprint density at radius 3 is 2.00 bits per heavy atom. The van der Waals surface area contributed by atoms with Crippen LogP contribution in [0.1, 0.15) is 34.1 Å². The number of aliphatic hydroxyl groups excluding tert-OH is 1. The number of carboxylic acids is 1. The topological polar surface area (TPSA) is 86.6 Å². The van der Waals surface area contributed by atoms with Crippen LogP contribution in [0.4, 0.5) is 0 Å². The molecule has 0 bridgehead atoms. The van der Waals surface area contributed by atoms with Gasteiger partial charge in [0, 0.05) is 6.42 Å².